The average molecular weight is 283 g/mol. The Kier molecular flexibility index (Phi) is 3.84. The highest BCUT2D eigenvalue weighted by Crippen LogP contribution is 2.29. The number of carboxylic acids is 1. The van der Waals surface area contributed by atoms with Crippen molar-refractivity contribution in [3.63, 3.8) is 0 Å². The highest BCUT2D eigenvalue weighted by atomic mass is 35.5. The van der Waals surface area contributed by atoms with Gasteiger partial charge >= 0.3 is 5.97 Å². The molecule has 0 aliphatic carbocycles. The molecule has 2 rings (SSSR count). The molecule has 0 saturated heterocycles. The van der Waals surface area contributed by atoms with Crippen molar-refractivity contribution in [2.24, 2.45) is 0 Å². The van der Waals surface area contributed by atoms with Crippen LogP contribution in [-0.2, 0) is 4.79 Å². The Morgan fingerprint density at radius 3 is 2.89 bits per heavy atom. The van der Waals surface area contributed by atoms with Crippen LogP contribution in [-0.4, -0.2) is 16.1 Å². The van der Waals surface area contributed by atoms with Crippen LogP contribution in [0.15, 0.2) is 29.8 Å². The van der Waals surface area contributed by atoms with E-state index in [0.717, 1.165) is 5.13 Å². The van der Waals surface area contributed by atoms with E-state index in [-0.39, 0.29) is 0 Å². The monoisotopic (exact) mass is 282 g/mol. The fraction of sp³-hybridized carbons (Fsp3) is 0.167. The van der Waals surface area contributed by atoms with Gasteiger partial charge in [0, 0.05) is 11.6 Å². The predicted molar refractivity (Wildman–Crippen MR) is 72.9 cm³/mol. The van der Waals surface area contributed by atoms with E-state index < -0.39 is 11.9 Å². The second-order valence-electron chi connectivity index (χ2n) is 3.76. The van der Waals surface area contributed by atoms with Crippen LogP contribution in [0.3, 0.4) is 0 Å². The molecule has 2 N–H and O–H groups in total. The second kappa shape index (κ2) is 5.37. The SMILES string of the molecule is CC(C(=O)O)c1ccc(Nc2nccs2)c(Cl)c1. The summed E-state index contributed by atoms with van der Waals surface area (Å²) < 4.78 is 0. The second-order valence-corrected chi connectivity index (χ2v) is 5.06. The molecule has 1 aromatic carbocycles. The number of carboxylic acid groups (broad SMARTS) is 1. The van der Waals surface area contributed by atoms with Crippen LogP contribution in [0.4, 0.5) is 10.8 Å². The Morgan fingerprint density at radius 2 is 2.33 bits per heavy atom. The van der Waals surface area contributed by atoms with Crippen molar-refractivity contribution in [3.05, 3.63) is 40.4 Å². The smallest absolute Gasteiger partial charge is 0.310 e. The molecule has 1 heterocycles. The van der Waals surface area contributed by atoms with Gasteiger partial charge in [-0.2, -0.15) is 0 Å². The van der Waals surface area contributed by atoms with Crippen LogP contribution in [0.25, 0.3) is 0 Å². The number of hydrogen-bond donors (Lipinski definition) is 2. The van der Waals surface area contributed by atoms with Gasteiger partial charge in [0.25, 0.3) is 0 Å². The zero-order valence-corrected chi connectivity index (χ0v) is 11.1. The molecule has 0 aliphatic heterocycles. The summed E-state index contributed by atoms with van der Waals surface area (Å²) in [4.78, 5) is 15.0. The fourth-order valence-electron chi connectivity index (χ4n) is 1.45. The molecule has 0 aliphatic rings. The lowest BCUT2D eigenvalue weighted by Gasteiger charge is -2.10. The number of aromatic nitrogens is 1. The molecule has 2 aromatic rings. The van der Waals surface area contributed by atoms with Gasteiger partial charge in [0.15, 0.2) is 5.13 Å². The summed E-state index contributed by atoms with van der Waals surface area (Å²) in [5, 5.41) is 15.1. The predicted octanol–water partition coefficient (Wildman–Crippen LogP) is 3.73. The Balaban J connectivity index is 2.22. The van der Waals surface area contributed by atoms with E-state index in [2.05, 4.69) is 10.3 Å². The number of halogens is 1. The van der Waals surface area contributed by atoms with Gasteiger partial charge in [-0.05, 0) is 24.6 Å². The first-order valence-electron chi connectivity index (χ1n) is 5.26. The van der Waals surface area contributed by atoms with Crippen molar-refractivity contribution in [1.29, 1.82) is 0 Å². The van der Waals surface area contributed by atoms with Crippen molar-refractivity contribution in [1.82, 2.24) is 4.98 Å². The molecule has 6 heteroatoms. The molecule has 0 amide bonds. The number of thiazole rings is 1. The average Bonchev–Trinajstić information content (AvgIpc) is 2.83. The zero-order chi connectivity index (χ0) is 13.1. The molecular formula is C12H11ClN2O2S. The van der Waals surface area contributed by atoms with Gasteiger partial charge < -0.3 is 10.4 Å². The minimum Gasteiger partial charge on any atom is -0.481 e. The van der Waals surface area contributed by atoms with Crippen molar-refractivity contribution in [2.75, 3.05) is 5.32 Å². The van der Waals surface area contributed by atoms with Crippen LogP contribution >= 0.6 is 22.9 Å². The first kappa shape index (κ1) is 12.9. The summed E-state index contributed by atoms with van der Waals surface area (Å²) in [6.07, 6.45) is 1.70. The third-order valence-electron chi connectivity index (χ3n) is 2.54. The van der Waals surface area contributed by atoms with Gasteiger partial charge in [-0.25, -0.2) is 4.98 Å². The summed E-state index contributed by atoms with van der Waals surface area (Å²) >= 11 is 7.58. The molecule has 0 spiro atoms. The van der Waals surface area contributed by atoms with Crippen molar-refractivity contribution < 1.29 is 9.90 Å². The molecule has 0 bridgehead atoms. The Bertz CT molecular complexity index is 557. The van der Waals surface area contributed by atoms with E-state index in [1.54, 1.807) is 31.3 Å². The van der Waals surface area contributed by atoms with E-state index in [1.807, 2.05) is 5.38 Å². The standard InChI is InChI=1S/C12H11ClN2O2S/c1-7(11(16)17)8-2-3-10(9(13)6-8)15-12-14-4-5-18-12/h2-7H,1H3,(H,14,15)(H,16,17). The molecular weight excluding hydrogens is 272 g/mol. The van der Waals surface area contributed by atoms with Gasteiger partial charge in [-0.3, -0.25) is 4.79 Å². The number of carbonyl (C=O) groups is 1. The molecule has 1 aromatic heterocycles. The van der Waals surface area contributed by atoms with E-state index in [0.29, 0.717) is 16.3 Å². The van der Waals surface area contributed by atoms with E-state index >= 15 is 0 Å². The van der Waals surface area contributed by atoms with E-state index in [4.69, 9.17) is 16.7 Å². The maximum Gasteiger partial charge on any atom is 0.310 e. The van der Waals surface area contributed by atoms with Crippen LogP contribution in [0.5, 0.6) is 0 Å². The Morgan fingerprint density at radius 1 is 1.56 bits per heavy atom. The van der Waals surface area contributed by atoms with Gasteiger partial charge in [0.2, 0.25) is 0 Å². The van der Waals surface area contributed by atoms with Gasteiger partial charge in [0.1, 0.15) is 0 Å². The maximum atomic E-state index is 10.9. The first-order valence-corrected chi connectivity index (χ1v) is 6.52. The van der Waals surface area contributed by atoms with Crippen LogP contribution in [0, 0.1) is 0 Å². The quantitative estimate of drug-likeness (QED) is 0.897. The van der Waals surface area contributed by atoms with Crippen molar-refractivity contribution >= 4 is 39.7 Å². The fourth-order valence-corrected chi connectivity index (χ4v) is 2.22. The molecule has 1 unspecified atom stereocenters. The van der Waals surface area contributed by atoms with E-state index in [9.17, 15) is 4.79 Å². The molecule has 0 saturated carbocycles. The lowest BCUT2D eigenvalue weighted by Crippen LogP contribution is -2.07. The van der Waals surface area contributed by atoms with Gasteiger partial charge in [-0.1, -0.05) is 17.7 Å². The molecule has 1 atom stereocenters. The third-order valence-corrected chi connectivity index (χ3v) is 3.54. The number of benzene rings is 1. The minimum atomic E-state index is -0.869. The molecule has 18 heavy (non-hydrogen) atoms. The Hall–Kier alpha value is -1.59. The summed E-state index contributed by atoms with van der Waals surface area (Å²) in [6.45, 7) is 1.63. The lowest BCUT2D eigenvalue weighted by molar-refractivity contribution is -0.138. The third kappa shape index (κ3) is 2.80. The number of hydrogen-bond acceptors (Lipinski definition) is 4. The van der Waals surface area contributed by atoms with Crippen LogP contribution in [0.1, 0.15) is 18.4 Å². The number of rotatable bonds is 4. The lowest BCUT2D eigenvalue weighted by atomic mass is 10.0. The highest BCUT2D eigenvalue weighted by molar-refractivity contribution is 7.13. The number of nitrogens with zero attached hydrogens (tertiary/aromatic N) is 1. The summed E-state index contributed by atoms with van der Waals surface area (Å²) in [7, 11) is 0. The largest absolute Gasteiger partial charge is 0.481 e. The minimum absolute atomic E-state index is 0.482. The maximum absolute atomic E-state index is 10.9. The number of nitrogens with one attached hydrogen (secondary N) is 1. The van der Waals surface area contributed by atoms with Gasteiger partial charge in [-0.15, -0.1) is 11.3 Å². The highest BCUT2D eigenvalue weighted by Gasteiger charge is 2.15. The normalized spacial score (nSPS) is 12.1. The molecule has 0 radical (unpaired) electrons. The molecule has 0 fully saturated rings. The number of aliphatic carboxylic acids is 1. The van der Waals surface area contributed by atoms with Gasteiger partial charge in [0.05, 0.1) is 16.6 Å². The molecule has 4 nitrogen and oxygen atoms in total. The van der Waals surface area contributed by atoms with E-state index in [1.165, 1.54) is 11.3 Å². The summed E-state index contributed by atoms with van der Waals surface area (Å²) in [5.74, 6) is -1.44. The van der Waals surface area contributed by atoms with Crippen LogP contribution in [0.2, 0.25) is 5.02 Å². The first-order chi connectivity index (χ1) is 8.58. The van der Waals surface area contributed by atoms with Crippen LogP contribution < -0.4 is 5.32 Å². The number of anilines is 2. The summed E-state index contributed by atoms with van der Waals surface area (Å²) in [6, 6.07) is 5.18. The van der Waals surface area contributed by atoms with Crippen molar-refractivity contribution in [2.45, 2.75) is 12.8 Å². The van der Waals surface area contributed by atoms with Crippen molar-refractivity contribution in [3.8, 4) is 0 Å². The molecule has 94 valence electrons. The Labute approximate surface area is 113 Å². The topological polar surface area (TPSA) is 62.2 Å². The zero-order valence-electron chi connectivity index (χ0n) is 9.55. The summed E-state index contributed by atoms with van der Waals surface area (Å²) in [5.41, 5.74) is 1.39.